The molecule has 0 saturated carbocycles. The maximum Gasteiger partial charge on any atom is 0.0471 e. The first-order chi connectivity index (χ1) is 8.04. The fraction of sp³-hybridized carbons (Fsp3) is 0.538. The quantitative estimate of drug-likeness (QED) is 0.804. The van der Waals surface area contributed by atoms with Crippen LogP contribution in [0.2, 0.25) is 5.02 Å². The molecular weight excluding hydrogens is 252 g/mol. The molecule has 0 saturated heterocycles. The van der Waals surface area contributed by atoms with E-state index in [4.69, 9.17) is 17.3 Å². The van der Waals surface area contributed by atoms with Gasteiger partial charge >= 0.3 is 0 Å². The SMILES string of the molecule is CSCCC(C)N(C)Cc1ccc(N)cc1Cl. The number of rotatable bonds is 6. The molecular formula is C13H21ClN2S. The van der Waals surface area contributed by atoms with Crippen molar-refractivity contribution >= 4 is 29.1 Å². The third kappa shape index (κ3) is 4.78. The monoisotopic (exact) mass is 272 g/mol. The molecule has 1 atom stereocenters. The van der Waals surface area contributed by atoms with E-state index in [0.29, 0.717) is 6.04 Å². The van der Waals surface area contributed by atoms with E-state index in [9.17, 15) is 0 Å². The van der Waals surface area contributed by atoms with E-state index in [1.807, 2.05) is 30.0 Å². The summed E-state index contributed by atoms with van der Waals surface area (Å²) in [5.41, 5.74) is 7.54. The van der Waals surface area contributed by atoms with E-state index >= 15 is 0 Å². The van der Waals surface area contributed by atoms with Crippen LogP contribution >= 0.6 is 23.4 Å². The predicted octanol–water partition coefficient (Wildman–Crippen LogP) is 3.50. The summed E-state index contributed by atoms with van der Waals surface area (Å²) in [5, 5.41) is 0.758. The normalized spacial score (nSPS) is 13.0. The maximum absolute atomic E-state index is 6.17. The maximum atomic E-state index is 6.17. The molecule has 0 amide bonds. The Bertz CT molecular complexity index is 357. The number of hydrogen-bond acceptors (Lipinski definition) is 3. The standard InChI is InChI=1S/C13H21ClN2S/c1-10(6-7-17-3)16(2)9-11-4-5-12(15)8-13(11)14/h4-5,8,10H,6-7,9,15H2,1-3H3. The number of nitrogen functional groups attached to an aromatic ring is 1. The van der Waals surface area contributed by atoms with Crippen LogP contribution in [0.1, 0.15) is 18.9 Å². The topological polar surface area (TPSA) is 29.3 Å². The van der Waals surface area contributed by atoms with Gasteiger partial charge in [-0.3, -0.25) is 4.90 Å². The molecule has 1 aromatic rings. The zero-order chi connectivity index (χ0) is 12.8. The van der Waals surface area contributed by atoms with Crippen LogP contribution in [0.3, 0.4) is 0 Å². The Balaban J connectivity index is 2.58. The molecule has 0 heterocycles. The molecule has 4 heteroatoms. The van der Waals surface area contributed by atoms with Gasteiger partial charge in [0.2, 0.25) is 0 Å². The number of anilines is 1. The van der Waals surface area contributed by atoms with Gasteiger partial charge in [-0.05, 0) is 50.1 Å². The smallest absolute Gasteiger partial charge is 0.0471 e. The number of halogens is 1. The second-order valence-electron chi connectivity index (χ2n) is 4.40. The summed E-state index contributed by atoms with van der Waals surface area (Å²) in [6, 6.07) is 6.30. The van der Waals surface area contributed by atoms with Gasteiger partial charge in [0, 0.05) is 23.3 Å². The number of thioether (sulfide) groups is 1. The number of hydrogen-bond donors (Lipinski definition) is 1. The van der Waals surface area contributed by atoms with Crippen LogP contribution in [0.15, 0.2) is 18.2 Å². The van der Waals surface area contributed by atoms with E-state index < -0.39 is 0 Å². The van der Waals surface area contributed by atoms with E-state index in [-0.39, 0.29) is 0 Å². The highest BCUT2D eigenvalue weighted by Gasteiger charge is 2.11. The van der Waals surface area contributed by atoms with Crippen LogP contribution in [0.5, 0.6) is 0 Å². The van der Waals surface area contributed by atoms with Crippen LogP contribution in [0.4, 0.5) is 5.69 Å². The van der Waals surface area contributed by atoms with Crippen LogP contribution in [0.25, 0.3) is 0 Å². The molecule has 2 nitrogen and oxygen atoms in total. The van der Waals surface area contributed by atoms with Crippen LogP contribution in [-0.2, 0) is 6.54 Å². The van der Waals surface area contributed by atoms with Crippen molar-refractivity contribution in [2.75, 3.05) is 24.8 Å². The molecule has 1 unspecified atom stereocenters. The second-order valence-corrected chi connectivity index (χ2v) is 5.79. The molecule has 0 aliphatic carbocycles. The van der Waals surface area contributed by atoms with Gasteiger partial charge in [-0.1, -0.05) is 17.7 Å². The summed E-state index contributed by atoms with van der Waals surface area (Å²) >= 11 is 8.06. The van der Waals surface area contributed by atoms with Crippen molar-refractivity contribution in [2.24, 2.45) is 0 Å². The van der Waals surface area contributed by atoms with Gasteiger partial charge in [0.05, 0.1) is 0 Å². The lowest BCUT2D eigenvalue weighted by Crippen LogP contribution is -2.29. The van der Waals surface area contributed by atoms with Crippen molar-refractivity contribution in [3.8, 4) is 0 Å². The predicted molar refractivity (Wildman–Crippen MR) is 79.8 cm³/mol. The first-order valence-corrected chi connectivity index (χ1v) is 7.55. The minimum atomic E-state index is 0.566. The molecule has 96 valence electrons. The minimum Gasteiger partial charge on any atom is -0.399 e. The van der Waals surface area contributed by atoms with Crippen molar-refractivity contribution in [1.29, 1.82) is 0 Å². The Labute approximate surface area is 114 Å². The molecule has 0 bridgehead atoms. The zero-order valence-electron chi connectivity index (χ0n) is 10.7. The molecule has 0 aliphatic heterocycles. The largest absolute Gasteiger partial charge is 0.399 e. The molecule has 2 N–H and O–H groups in total. The Kier molecular flexibility index (Phi) is 6.17. The van der Waals surface area contributed by atoms with Crippen molar-refractivity contribution < 1.29 is 0 Å². The van der Waals surface area contributed by atoms with Gasteiger partial charge in [0.1, 0.15) is 0 Å². The molecule has 1 aromatic carbocycles. The summed E-state index contributed by atoms with van der Waals surface area (Å²) < 4.78 is 0. The van der Waals surface area contributed by atoms with Crippen LogP contribution < -0.4 is 5.73 Å². The molecule has 17 heavy (non-hydrogen) atoms. The van der Waals surface area contributed by atoms with Gasteiger partial charge < -0.3 is 5.73 Å². The molecule has 0 aromatic heterocycles. The Morgan fingerprint density at radius 2 is 2.18 bits per heavy atom. The summed E-state index contributed by atoms with van der Waals surface area (Å²) in [6.45, 7) is 3.12. The van der Waals surface area contributed by atoms with Crippen molar-refractivity contribution in [3.63, 3.8) is 0 Å². The lowest BCUT2D eigenvalue weighted by Gasteiger charge is -2.25. The molecule has 0 spiro atoms. The summed E-state index contributed by atoms with van der Waals surface area (Å²) in [7, 11) is 2.14. The van der Waals surface area contributed by atoms with Crippen molar-refractivity contribution in [2.45, 2.75) is 25.9 Å². The van der Waals surface area contributed by atoms with Gasteiger partial charge in [-0.15, -0.1) is 0 Å². The Hall–Kier alpha value is -0.380. The van der Waals surface area contributed by atoms with Crippen LogP contribution in [0, 0.1) is 0 Å². The first kappa shape index (κ1) is 14.7. The highest BCUT2D eigenvalue weighted by Crippen LogP contribution is 2.21. The lowest BCUT2D eigenvalue weighted by atomic mass is 10.1. The number of nitrogens with two attached hydrogens (primary N) is 1. The van der Waals surface area contributed by atoms with E-state index in [1.54, 1.807) is 0 Å². The third-order valence-electron chi connectivity index (χ3n) is 2.99. The molecule has 0 aliphatic rings. The van der Waals surface area contributed by atoms with Gasteiger partial charge in [-0.2, -0.15) is 11.8 Å². The minimum absolute atomic E-state index is 0.566. The first-order valence-electron chi connectivity index (χ1n) is 5.77. The van der Waals surface area contributed by atoms with Crippen molar-refractivity contribution in [3.05, 3.63) is 28.8 Å². The average Bonchev–Trinajstić information content (AvgIpc) is 2.29. The van der Waals surface area contributed by atoms with E-state index in [0.717, 1.165) is 22.8 Å². The second kappa shape index (κ2) is 7.14. The average molecular weight is 273 g/mol. The highest BCUT2D eigenvalue weighted by molar-refractivity contribution is 7.98. The number of benzene rings is 1. The van der Waals surface area contributed by atoms with Crippen molar-refractivity contribution in [1.82, 2.24) is 4.90 Å². The Morgan fingerprint density at radius 3 is 2.76 bits per heavy atom. The van der Waals surface area contributed by atoms with Crippen LogP contribution in [-0.4, -0.2) is 30.0 Å². The fourth-order valence-corrected chi connectivity index (χ4v) is 2.45. The third-order valence-corrected chi connectivity index (χ3v) is 3.98. The van der Waals surface area contributed by atoms with Gasteiger partial charge in [0.15, 0.2) is 0 Å². The lowest BCUT2D eigenvalue weighted by molar-refractivity contribution is 0.245. The van der Waals surface area contributed by atoms with E-state index in [1.165, 1.54) is 12.2 Å². The molecule has 1 rings (SSSR count). The number of nitrogens with zero attached hydrogens (tertiary/aromatic N) is 1. The molecule has 0 fully saturated rings. The van der Waals surface area contributed by atoms with Gasteiger partial charge in [-0.25, -0.2) is 0 Å². The summed E-state index contributed by atoms with van der Waals surface area (Å²) in [6.07, 6.45) is 3.34. The zero-order valence-corrected chi connectivity index (χ0v) is 12.3. The molecule has 0 radical (unpaired) electrons. The fourth-order valence-electron chi connectivity index (χ4n) is 1.63. The highest BCUT2D eigenvalue weighted by atomic mass is 35.5. The van der Waals surface area contributed by atoms with Gasteiger partial charge in [0.25, 0.3) is 0 Å². The summed E-state index contributed by atoms with van der Waals surface area (Å²) in [4.78, 5) is 2.33. The van der Waals surface area contributed by atoms with E-state index in [2.05, 4.69) is 25.1 Å². The summed E-state index contributed by atoms with van der Waals surface area (Å²) in [5.74, 6) is 1.20. The Morgan fingerprint density at radius 1 is 1.47 bits per heavy atom.